The molecule has 0 spiro atoms. The molecule has 0 aliphatic heterocycles. The predicted molar refractivity (Wildman–Crippen MR) is 120 cm³/mol. The van der Waals surface area contributed by atoms with Crippen molar-refractivity contribution in [3.05, 3.63) is 70.9 Å². The van der Waals surface area contributed by atoms with Crippen LogP contribution in [0.3, 0.4) is 0 Å². The van der Waals surface area contributed by atoms with Crippen molar-refractivity contribution in [2.45, 2.75) is 11.7 Å². The first kappa shape index (κ1) is 20.9. The van der Waals surface area contributed by atoms with Gasteiger partial charge < -0.3 is 14.7 Å². The predicted octanol–water partition coefficient (Wildman–Crippen LogP) is 3.76. The summed E-state index contributed by atoms with van der Waals surface area (Å²) in [5.41, 5.74) is 1.49. The van der Waals surface area contributed by atoms with Crippen LogP contribution in [0.2, 0.25) is 0 Å². The van der Waals surface area contributed by atoms with Crippen LogP contribution >= 0.6 is 23.1 Å². The van der Waals surface area contributed by atoms with Crippen LogP contribution in [0.5, 0.6) is 11.5 Å². The number of anilines is 1. The van der Waals surface area contributed by atoms with Gasteiger partial charge in [0.15, 0.2) is 0 Å². The lowest BCUT2D eigenvalue weighted by atomic mass is 10.2. The molecular formula is C21H19N5O3S2. The fourth-order valence-electron chi connectivity index (χ4n) is 2.87. The molecular weight excluding hydrogens is 434 g/mol. The Kier molecular flexibility index (Phi) is 6.48. The van der Waals surface area contributed by atoms with Crippen LogP contribution in [0.1, 0.15) is 4.88 Å². The molecule has 0 aliphatic carbocycles. The number of phenolic OH excluding ortho intramolecular Hbond substituents is 1. The van der Waals surface area contributed by atoms with E-state index in [1.165, 1.54) is 16.4 Å². The van der Waals surface area contributed by atoms with Gasteiger partial charge in [0, 0.05) is 10.6 Å². The number of rotatable bonds is 8. The molecule has 1 amide bonds. The SMILES string of the molecule is COc1ccc(N(Cc2cccs2)C(=O)CSc2nnnn2-c2ccc(O)cc2)cc1. The summed E-state index contributed by atoms with van der Waals surface area (Å²) in [5.74, 6) is 0.985. The van der Waals surface area contributed by atoms with Crippen molar-refractivity contribution in [2.24, 2.45) is 0 Å². The minimum absolute atomic E-state index is 0.0659. The standard InChI is InChI=1S/C21H19N5O3S2/c1-29-18-10-6-15(7-11-18)25(13-19-3-2-12-30-19)20(28)14-31-21-22-23-24-26(21)16-4-8-17(27)9-5-16/h2-12,27H,13-14H2,1H3. The minimum Gasteiger partial charge on any atom is -0.508 e. The minimum atomic E-state index is -0.0659. The number of hydrogen-bond acceptors (Lipinski definition) is 8. The van der Waals surface area contributed by atoms with Crippen molar-refractivity contribution >= 4 is 34.7 Å². The third-order valence-corrected chi connectivity index (χ3v) is 6.20. The maximum Gasteiger partial charge on any atom is 0.237 e. The number of aromatic hydroxyl groups is 1. The van der Waals surface area contributed by atoms with Gasteiger partial charge >= 0.3 is 0 Å². The van der Waals surface area contributed by atoms with E-state index in [0.717, 1.165) is 16.3 Å². The maximum atomic E-state index is 13.2. The summed E-state index contributed by atoms with van der Waals surface area (Å²) >= 11 is 2.86. The maximum absolute atomic E-state index is 13.2. The number of methoxy groups -OCH3 is 1. The molecule has 0 radical (unpaired) electrons. The van der Waals surface area contributed by atoms with Crippen LogP contribution in [0.4, 0.5) is 5.69 Å². The van der Waals surface area contributed by atoms with Crippen LogP contribution in [-0.4, -0.2) is 44.1 Å². The molecule has 0 fully saturated rings. The summed E-state index contributed by atoms with van der Waals surface area (Å²) in [4.78, 5) is 16.0. The normalized spacial score (nSPS) is 10.7. The molecule has 0 atom stereocenters. The lowest BCUT2D eigenvalue weighted by Crippen LogP contribution is -2.31. The van der Waals surface area contributed by atoms with Crippen LogP contribution in [0.15, 0.2) is 71.2 Å². The van der Waals surface area contributed by atoms with Gasteiger partial charge in [-0.05, 0) is 70.4 Å². The molecule has 0 bridgehead atoms. The van der Waals surface area contributed by atoms with Gasteiger partial charge in [0.2, 0.25) is 11.1 Å². The van der Waals surface area contributed by atoms with E-state index in [1.54, 1.807) is 47.6 Å². The van der Waals surface area contributed by atoms with E-state index in [9.17, 15) is 9.90 Å². The molecule has 0 aliphatic rings. The number of tetrazole rings is 1. The molecule has 4 rings (SSSR count). The van der Waals surface area contributed by atoms with Gasteiger partial charge in [-0.15, -0.1) is 16.4 Å². The first-order chi connectivity index (χ1) is 15.1. The average Bonchev–Trinajstić information content (AvgIpc) is 3.48. The molecule has 10 heteroatoms. The van der Waals surface area contributed by atoms with Crippen molar-refractivity contribution in [3.63, 3.8) is 0 Å². The number of nitrogens with zero attached hydrogens (tertiary/aromatic N) is 5. The van der Waals surface area contributed by atoms with E-state index < -0.39 is 0 Å². The quantitative estimate of drug-likeness (QED) is 0.406. The zero-order chi connectivity index (χ0) is 21.6. The fraction of sp³-hybridized carbons (Fsp3) is 0.143. The average molecular weight is 454 g/mol. The third-order valence-electron chi connectivity index (χ3n) is 4.44. The van der Waals surface area contributed by atoms with Crippen molar-refractivity contribution in [3.8, 4) is 17.2 Å². The Hall–Kier alpha value is -3.37. The summed E-state index contributed by atoms with van der Waals surface area (Å²) in [7, 11) is 1.61. The van der Waals surface area contributed by atoms with Crippen LogP contribution < -0.4 is 9.64 Å². The highest BCUT2D eigenvalue weighted by Crippen LogP contribution is 2.25. The number of aromatic nitrogens is 4. The summed E-state index contributed by atoms with van der Waals surface area (Å²) < 4.78 is 6.76. The van der Waals surface area contributed by atoms with Crippen molar-refractivity contribution in [1.29, 1.82) is 0 Å². The Bertz CT molecular complexity index is 1130. The summed E-state index contributed by atoms with van der Waals surface area (Å²) in [5, 5.41) is 23.7. The van der Waals surface area contributed by atoms with Crippen LogP contribution in [0, 0.1) is 0 Å². The molecule has 8 nitrogen and oxygen atoms in total. The molecule has 2 aromatic carbocycles. The molecule has 0 saturated carbocycles. The first-order valence-electron chi connectivity index (χ1n) is 9.31. The summed E-state index contributed by atoms with van der Waals surface area (Å²) in [6.07, 6.45) is 0. The Balaban J connectivity index is 1.51. The number of carbonyl (C=O) groups excluding carboxylic acids is 1. The Morgan fingerprint density at radius 3 is 2.61 bits per heavy atom. The van der Waals surface area contributed by atoms with Gasteiger partial charge in [-0.2, -0.15) is 4.68 Å². The highest BCUT2D eigenvalue weighted by molar-refractivity contribution is 7.99. The lowest BCUT2D eigenvalue weighted by Gasteiger charge is -2.22. The van der Waals surface area contributed by atoms with E-state index in [0.29, 0.717) is 17.4 Å². The lowest BCUT2D eigenvalue weighted by molar-refractivity contribution is -0.116. The second-order valence-electron chi connectivity index (χ2n) is 6.44. The highest BCUT2D eigenvalue weighted by Gasteiger charge is 2.19. The zero-order valence-electron chi connectivity index (χ0n) is 16.6. The van der Waals surface area contributed by atoms with Crippen molar-refractivity contribution in [2.75, 3.05) is 17.8 Å². The molecule has 31 heavy (non-hydrogen) atoms. The van der Waals surface area contributed by atoms with E-state index in [-0.39, 0.29) is 17.4 Å². The largest absolute Gasteiger partial charge is 0.508 e. The number of thioether (sulfide) groups is 1. The second-order valence-corrected chi connectivity index (χ2v) is 8.41. The molecule has 4 aromatic rings. The molecule has 0 unspecified atom stereocenters. The topological polar surface area (TPSA) is 93.4 Å². The second kappa shape index (κ2) is 9.63. The van der Waals surface area contributed by atoms with E-state index in [2.05, 4.69) is 15.5 Å². The fourth-order valence-corrected chi connectivity index (χ4v) is 4.33. The van der Waals surface area contributed by atoms with Gasteiger partial charge in [0.25, 0.3) is 0 Å². The number of benzene rings is 2. The monoisotopic (exact) mass is 453 g/mol. The number of thiophene rings is 1. The smallest absolute Gasteiger partial charge is 0.237 e. The van der Waals surface area contributed by atoms with E-state index in [4.69, 9.17) is 4.74 Å². The number of amides is 1. The van der Waals surface area contributed by atoms with Crippen LogP contribution in [-0.2, 0) is 11.3 Å². The number of ether oxygens (including phenoxy) is 1. The highest BCUT2D eigenvalue weighted by atomic mass is 32.2. The van der Waals surface area contributed by atoms with E-state index >= 15 is 0 Å². The number of phenols is 1. The molecule has 158 valence electrons. The Morgan fingerprint density at radius 2 is 1.94 bits per heavy atom. The molecule has 2 aromatic heterocycles. The first-order valence-corrected chi connectivity index (χ1v) is 11.2. The molecule has 0 saturated heterocycles. The van der Waals surface area contributed by atoms with Gasteiger partial charge in [-0.25, -0.2) is 0 Å². The van der Waals surface area contributed by atoms with Crippen molar-refractivity contribution < 1.29 is 14.6 Å². The van der Waals surface area contributed by atoms with Gasteiger partial charge in [-0.3, -0.25) is 4.79 Å². The number of hydrogen-bond donors (Lipinski definition) is 1. The van der Waals surface area contributed by atoms with Crippen LogP contribution in [0.25, 0.3) is 5.69 Å². The van der Waals surface area contributed by atoms with Gasteiger partial charge in [-0.1, -0.05) is 17.8 Å². The van der Waals surface area contributed by atoms with Gasteiger partial charge in [0.05, 0.1) is 25.1 Å². The van der Waals surface area contributed by atoms with E-state index in [1.807, 2.05) is 41.8 Å². The molecule has 2 heterocycles. The molecule has 1 N–H and O–H groups in total. The Labute approximate surface area is 187 Å². The summed E-state index contributed by atoms with van der Waals surface area (Å²) in [6, 6.07) is 17.9. The van der Waals surface area contributed by atoms with Gasteiger partial charge in [0.1, 0.15) is 11.5 Å². The number of carbonyl (C=O) groups is 1. The zero-order valence-corrected chi connectivity index (χ0v) is 18.2. The third kappa shape index (κ3) is 5.04. The summed E-state index contributed by atoms with van der Waals surface area (Å²) in [6.45, 7) is 0.478. The Morgan fingerprint density at radius 1 is 1.16 bits per heavy atom. The van der Waals surface area contributed by atoms with Crippen molar-refractivity contribution in [1.82, 2.24) is 20.2 Å².